The molecule has 1 fully saturated rings. The van der Waals surface area contributed by atoms with Gasteiger partial charge in [-0.15, -0.1) is 0 Å². The summed E-state index contributed by atoms with van der Waals surface area (Å²) >= 11 is 3.48. The van der Waals surface area contributed by atoms with E-state index in [1.807, 2.05) is 12.4 Å². The fraction of sp³-hybridized carbons (Fsp3) is 0.615. The number of hydrogen-bond acceptors (Lipinski definition) is 2. The Bertz CT molecular complexity index is 357. The molecule has 0 saturated carbocycles. The maximum absolute atomic E-state index is 4.23. The van der Waals surface area contributed by atoms with Crippen LogP contribution in [0.3, 0.4) is 0 Å². The summed E-state index contributed by atoms with van der Waals surface area (Å²) in [6.07, 6.45) is 7.66. The lowest BCUT2D eigenvalue weighted by atomic mass is 9.78. The first-order chi connectivity index (χ1) is 7.63. The van der Waals surface area contributed by atoms with Crippen molar-refractivity contribution in [3.05, 3.63) is 22.9 Å². The Balaban J connectivity index is 2.04. The van der Waals surface area contributed by atoms with Gasteiger partial charge in [0, 0.05) is 23.8 Å². The molecule has 0 bridgehead atoms. The summed E-state index contributed by atoms with van der Waals surface area (Å²) in [5, 5.41) is 0. The minimum atomic E-state index is 0.552. The van der Waals surface area contributed by atoms with E-state index in [0.717, 1.165) is 17.6 Å². The van der Waals surface area contributed by atoms with E-state index in [1.165, 1.54) is 24.9 Å². The van der Waals surface area contributed by atoms with Crippen LogP contribution in [0.5, 0.6) is 0 Å². The molecule has 2 rings (SSSR count). The Kier molecular flexibility index (Phi) is 3.53. The van der Waals surface area contributed by atoms with E-state index in [1.54, 1.807) is 0 Å². The van der Waals surface area contributed by atoms with Crippen molar-refractivity contribution in [2.24, 2.45) is 5.41 Å². The zero-order valence-corrected chi connectivity index (χ0v) is 11.6. The lowest BCUT2D eigenvalue weighted by Crippen LogP contribution is -2.38. The number of halogens is 1. The normalized spacial score (nSPS) is 19.8. The molecule has 88 valence electrons. The summed E-state index contributed by atoms with van der Waals surface area (Å²) in [4.78, 5) is 6.67. The second-order valence-electron chi connectivity index (χ2n) is 5.01. The van der Waals surface area contributed by atoms with Crippen molar-refractivity contribution in [3.63, 3.8) is 0 Å². The van der Waals surface area contributed by atoms with E-state index in [-0.39, 0.29) is 0 Å². The molecule has 1 aliphatic rings. The Morgan fingerprint density at radius 1 is 1.38 bits per heavy atom. The zero-order chi connectivity index (χ0) is 11.6. The number of pyridine rings is 1. The van der Waals surface area contributed by atoms with Crippen LogP contribution in [0.4, 0.5) is 5.69 Å². The van der Waals surface area contributed by atoms with Crippen molar-refractivity contribution in [3.8, 4) is 0 Å². The third-order valence-corrected chi connectivity index (χ3v) is 4.31. The first-order valence-electron chi connectivity index (χ1n) is 5.98. The van der Waals surface area contributed by atoms with Gasteiger partial charge in [-0.2, -0.15) is 0 Å². The third-order valence-electron chi connectivity index (χ3n) is 3.88. The van der Waals surface area contributed by atoms with E-state index < -0.39 is 0 Å². The Morgan fingerprint density at radius 3 is 2.62 bits per heavy atom. The van der Waals surface area contributed by atoms with Gasteiger partial charge in [-0.3, -0.25) is 4.98 Å². The maximum Gasteiger partial charge on any atom is 0.0564 e. The van der Waals surface area contributed by atoms with Gasteiger partial charge >= 0.3 is 0 Å². The summed E-state index contributed by atoms with van der Waals surface area (Å²) in [7, 11) is 0. The summed E-state index contributed by atoms with van der Waals surface area (Å²) in [5.41, 5.74) is 1.79. The summed E-state index contributed by atoms with van der Waals surface area (Å²) in [5.74, 6) is 0. The average Bonchev–Trinajstić information content (AvgIpc) is 2.30. The van der Waals surface area contributed by atoms with E-state index >= 15 is 0 Å². The number of nitrogens with zero attached hydrogens (tertiary/aromatic N) is 2. The number of rotatable bonds is 2. The van der Waals surface area contributed by atoms with Crippen molar-refractivity contribution in [2.45, 2.75) is 33.1 Å². The van der Waals surface area contributed by atoms with Crippen molar-refractivity contribution >= 4 is 21.6 Å². The number of hydrogen-bond donors (Lipinski definition) is 0. The van der Waals surface area contributed by atoms with Crippen LogP contribution in [0.15, 0.2) is 22.9 Å². The van der Waals surface area contributed by atoms with Crippen LogP contribution in [0.2, 0.25) is 0 Å². The molecule has 0 N–H and O–H groups in total. The van der Waals surface area contributed by atoms with Crippen LogP contribution in [0.1, 0.15) is 33.1 Å². The molecule has 0 aliphatic carbocycles. The molecule has 0 radical (unpaired) electrons. The van der Waals surface area contributed by atoms with Crippen LogP contribution in [-0.4, -0.2) is 18.1 Å². The van der Waals surface area contributed by atoms with E-state index in [0.29, 0.717) is 5.41 Å². The van der Waals surface area contributed by atoms with E-state index in [9.17, 15) is 0 Å². The molecule has 0 amide bonds. The minimum absolute atomic E-state index is 0.552. The molecule has 0 atom stereocenters. The highest BCUT2D eigenvalue weighted by Crippen LogP contribution is 2.35. The largest absolute Gasteiger partial charge is 0.370 e. The van der Waals surface area contributed by atoms with Crippen LogP contribution in [0, 0.1) is 5.41 Å². The Morgan fingerprint density at radius 2 is 2.06 bits per heavy atom. The fourth-order valence-corrected chi connectivity index (χ4v) is 2.58. The molecule has 2 nitrogen and oxygen atoms in total. The monoisotopic (exact) mass is 282 g/mol. The van der Waals surface area contributed by atoms with Gasteiger partial charge in [-0.05, 0) is 40.3 Å². The van der Waals surface area contributed by atoms with E-state index in [4.69, 9.17) is 0 Å². The quantitative estimate of drug-likeness (QED) is 0.819. The van der Waals surface area contributed by atoms with E-state index in [2.05, 4.69) is 45.7 Å². The molecule has 0 spiro atoms. The zero-order valence-electron chi connectivity index (χ0n) is 10.0. The van der Waals surface area contributed by atoms with Gasteiger partial charge in [0.05, 0.1) is 11.9 Å². The molecular weight excluding hydrogens is 264 g/mol. The Labute approximate surface area is 106 Å². The number of anilines is 1. The molecule has 1 saturated heterocycles. The molecule has 1 aromatic rings. The van der Waals surface area contributed by atoms with Gasteiger partial charge in [0.25, 0.3) is 0 Å². The summed E-state index contributed by atoms with van der Waals surface area (Å²) < 4.78 is 1.06. The van der Waals surface area contributed by atoms with Crippen LogP contribution in [0.25, 0.3) is 0 Å². The second-order valence-corrected chi connectivity index (χ2v) is 5.93. The molecule has 0 unspecified atom stereocenters. The lowest BCUT2D eigenvalue weighted by molar-refractivity contribution is 0.238. The fourth-order valence-electron chi connectivity index (χ4n) is 2.23. The first-order valence-corrected chi connectivity index (χ1v) is 6.78. The van der Waals surface area contributed by atoms with Gasteiger partial charge in [0.2, 0.25) is 0 Å². The smallest absolute Gasteiger partial charge is 0.0564 e. The maximum atomic E-state index is 4.23. The highest BCUT2D eigenvalue weighted by Gasteiger charge is 2.28. The average molecular weight is 283 g/mol. The SMILES string of the molecule is CCC1(C)CCN(c2cncc(Br)c2)CC1. The van der Waals surface area contributed by atoms with Gasteiger partial charge in [-0.1, -0.05) is 20.3 Å². The molecule has 2 heterocycles. The third kappa shape index (κ3) is 2.57. The predicted octanol–water partition coefficient (Wildman–Crippen LogP) is 3.86. The van der Waals surface area contributed by atoms with Crippen molar-refractivity contribution < 1.29 is 0 Å². The number of aromatic nitrogens is 1. The topological polar surface area (TPSA) is 16.1 Å². The van der Waals surface area contributed by atoms with Gasteiger partial charge in [-0.25, -0.2) is 0 Å². The van der Waals surface area contributed by atoms with Crippen molar-refractivity contribution in [2.75, 3.05) is 18.0 Å². The van der Waals surface area contributed by atoms with Crippen LogP contribution in [-0.2, 0) is 0 Å². The molecule has 16 heavy (non-hydrogen) atoms. The van der Waals surface area contributed by atoms with Crippen molar-refractivity contribution in [1.82, 2.24) is 4.98 Å². The molecular formula is C13H19BrN2. The van der Waals surface area contributed by atoms with Crippen LogP contribution >= 0.6 is 15.9 Å². The van der Waals surface area contributed by atoms with Gasteiger partial charge < -0.3 is 4.90 Å². The molecule has 0 aromatic carbocycles. The second kappa shape index (κ2) is 4.74. The van der Waals surface area contributed by atoms with Gasteiger partial charge in [0.15, 0.2) is 0 Å². The standard InChI is InChI=1S/C13H19BrN2/c1-3-13(2)4-6-16(7-5-13)12-8-11(14)9-15-10-12/h8-10H,3-7H2,1-2H3. The summed E-state index contributed by atoms with van der Waals surface area (Å²) in [6.45, 7) is 7.02. The summed E-state index contributed by atoms with van der Waals surface area (Å²) in [6, 6.07) is 2.15. The molecule has 3 heteroatoms. The van der Waals surface area contributed by atoms with Gasteiger partial charge in [0.1, 0.15) is 0 Å². The van der Waals surface area contributed by atoms with Crippen molar-refractivity contribution in [1.29, 1.82) is 0 Å². The molecule has 1 aliphatic heterocycles. The highest BCUT2D eigenvalue weighted by atomic mass is 79.9. The first kappa shape index (κ1) is 11.9. The number of piperidine rings is 1. The minimum Gasteiger partial charge on any atom is -0.370 e. The lowest BCUT2D eigenvalue weighted by Gasteiger charge is -2.39. The highest BCUT2D eigenvalue weighted by molar-refractivity contribution is 9.10. The van der Waals surface area contributed by atoms with Crippen LogP contribution < -0.4 is 4.90 Å². The predicted molar refractivity (Wildman–Crippen MR) is 71.8 cm³/mol. The Hall–Kier alpha value is -0.570. The molecule has 1 aromatic heterocycles.